The molecule has 11 nitrogen and oxygen atoms in total. The van der Waals surface area contributed by atoms with Gasteiger partial charge >= 0.3 is 6.36 Å². The first-order valence-corrected chi connectivity index (χ1v) is 11.6. The molecule has 3 aliphatic rings. The van der Waals surface area contributed by atoms with Crippen molar-refractivity contribution < 1.29 is 52.1 Å². The Hall–Kier alpha value is -3.52. The molecule has 0 bridgehead atoms. The molecule has 14 heteroatoms. The maximum atomic E-state index is 13.8. The van der Waals surface area contributed by atoms with Crippen molar-refractivity contribution in [3.05, 3.63) is 17.2 Å². The minimum Gasteiger partial charge on any atom is -0.504 e. The summed E-state index contributed by atoms with van der Waals surface area (Å²) < 4.78 is 42.9. The maximum Gasteiger partial charge on any atom is 0.573 e. The van der Waals surface area contributed by atoms with Gasteiger partial charge in [0.1, 0.15) is 0 Å². The summed E-state index contributed by atoms with van der Waals surface area (Å²) in [4.78, 5) is 68.5. The molecule has 1 amide bonds. The van der Waals surface area contributed by atoms with E-state index in [-0.39, 0.29) is 24.1 Å². The summed E-state index contributed by atoms with van der Waals surface area (Å²) in [5.74, 6) is -14.3. The number of phenolic OH excluding ortho intramolecular Hbond substituents is 1. The Kier molecular flexibility index (Phi) is 6.35. The Morgan fingerprint density at radius 2 is 1.74 bits per heavy atom. The van der Waals surface area contributed by atoms with E-state index in [0.29, 0.717) is 0 Å². The van der Waals surface area contributed by atoms with E-state index in [1.807, 2.05) is 0 Å². The number of halogens is 3. The van der Waals surface area contributed by atoms with E-state index < -0.39 is 87.8 Å². The number of aromatic hydroxyl groups is 1. The number of nitrogens with two attached hydrogens (primary N) is 1. The number of aliphatic hydroxyl groups is 1. The van der Waals surface area contributed by atoms with Gasteiger partial charge in [-0.05, 0) is 38.4 Å². The number of fused-ring (bicyclic) bond motifs is 3. The number of carbonyl (C=O) groups excluding carboxylic acids is 5. The number of alkyl halides is 3. The molecule has 0 saturated heterocycles. The molecule has 2 unspecified atom stereocenters. The van der Waals surface area contributed by atoms with E-state index in [9.17, 15) is 47.4 Å². The van der Waals surface area contributed by atoms with Gasteiger partial charge in [-0.2, -0.15) is 0 Å². The summed E-state index contributed by atoms with van der Waals surface area (Å²) in [6.07, 6.45) is -5.48. The van der Waals surface area contributed by atoms with Crippen LogP contribution in [-0.4, -0.2) is 90.3 Å². The van der Waals surface area contributed by atoms with Crippen LogP contribution >= 0.6 is 0 Å². The maximum absolute atomic E-state index is 13.8. The topological polar surface area (TPSA) is 168 Å². The second kappa shape index (κ2) is 8.76. The fraction of sp³-hybridized carbons (Fsp3) is 0.542. The Balaban J connectivity index is 1.90. The minimum absolute atomic E-state index is 0.0980. The number of Topliss-reactive ketones (excluding diaryl/α,β-unsaturated/α-hetero) is 4. The molecular formula is C24H26F3N3O8. The normalized spacial score (nSPS) is 31.0. The van der Waals surface area contributed by atoms with Gasteiger partial charge in [0.2, 0.25) is 5.91 Å². The lowest BCUT2D eigenvalue weighted by Gasteiger charge is -2.52. The molecule has 2 saturated carbocycles. The number of likely N-dealkylation sites (N-methyl/N-ethyl adjacent to an activating group) is 1. The van der Waals surface area contributed by atoms with Gasteiger partial charge in [-0.15, -0.1) is 13.2 Å². The number of amides is 1. The van der Waals surface area contributed by atoms with Gasteiger partial charge in [0.05, 0.1) is 17.5 Å². The molecule has 4 rings (SSSR count). The summed E-state index contributed by atoms with van der Waals surface area (Å²) in [6.45, 7) is 0. The van der Waals surface area contributed by atoms with E-state index >= 15 is 0 Å². The van der Waals surface area contributed by atoms with Crippen molar-refractivity contribution in [2.45, 2.75) is 30.8 Å². The third kappa shape index (κ3) is 3.85. The molecule has 0 spiro atoms. The van der Waals surface area contributed by atoms with Gasteiger partial charge in [-0.25, -0.2) is 0 Å². The zero-order valence-electron chi connectivity index (χ0n) is 20.8. The Labute approximate surface area is 214 Å². The largest absolute Gasteiger partial charge is 0.573 e. The molecule has 38 heavy (non-hydrogen) atoms. The molecule has 0 aliphatic heterocycles. The number of rotatable bonds is 4. The second-order valence-electron chi connectivity index (χ2n) is 10.3. The van der Waals surface area contributed by atoms with Gasteiger partial charge in [-0.3, -0.25) is 28.9 Å². The van der Waals surface area contributed by atoms with E-state index in [1.165, 1.54) is 38.0 Å². The highest BCUT2D eigenvalue weighted by Gasteiger charge is 2.69. The van der Waals surface area contributed by atoms with E-state index in [1.54, 1.807) is 0 Å². The molecule has 1 aromatic rings. The quantitative estimate of drug-likeness (QED) is 0.436. The number of ketones is 4. The lowest BCUT2D eigenvalue weighted by Crippen LogP contribution is -2.74. The van der Waals surface area contributed by atoms with Crippen molar-refractivity contribution in [3.63, 3.8) is 0 Å². The zero-order chi connectivity index (χ0) is 28.6. The van der Waals surface area contributed by atoms with Crippen LogP contribution in [-0.2, 0) is 25.6 Å². The molecule has 4 N–H and O–H groups in total. The molecular weight excluding hydrogens is 515 g/mol. The van der Waals surface area contributed by atoms with Crippen LogP contribution in [0.3, 0.4) is 0 Å². The Morgan fingerprint density at radius 3 is 2.24 bits per heavy atom. The number of nitrogens with zero attached hydrogens (tertiary/aromatic N) is 2. The second-order valence-corrected chi connectivity index (χ2v) is 10.3. The minimum atomic E-state index is -5.20. The molecule has 0 aromatic heterocycles. The Bertz CT molecular complexity index is 1280. The van der Waals surface area contributed by atoms with Crippen LogP contribution in [0.25, 0.3) is 0 Å². The first-order chi connectivity index (χ1) is 17.4. The van der Waals surface area contributed by atoms with Gasteiger partial charge in [-0.1, -0.05) is 0 Å². The van der Waals surface area contributed by atoms with Crippen molar-refractivity contribution in [2.75, 3.05) is 33.1 Å². The SMILES string of the molecule is CN(C)c1cc(OC(F)(F)F)c(O)c2c1C[C@H]1C[C@H]3[C@H](N(C)C)C(=O)C(C(N)=O)C(=O)[C@@]3(O)C(=O)C1C2=O. The lowest BCUT2D eigenvalue weighted by atomic mass is 9.52. The van der Waals surface area contributed by atoms with Crippen LogP contribution in [0.2, 0.25) is 0 Å². The van der Waals surface area contributed by atoms with E-state index in [4.69, 9.17) is 5.73 Å². The monoisotopic (exact) mass is 541 g/mol. The number of hydrogen-bond acceptors (Lipinski definition) is 10. The van der Waals surface area contributed by atoms with Gasteiger partial charge in [0, 0.05) is 31.8 Å². The predicted molar refractivity (Wildman–Crippen MR) is 122 cm³/mol. The standard InChI is InChI=1S/C24H26F3N3O8/c1-29(2)11-7-12(38-24(25,26)27)17(31)14-9(11)5-8-6-10-16(30(3)4)19(33)15(22(28)36)21(35)23(10,37)20(34)13(8)18(14)32/h7-8,10,13,15-16,31,37H,5-6H2,1-4H3,(H2,28,36)/t8-,10-,13?,15?,16-,23-/m0/s1. The van der Waals surface area contributed by atoms with Crippen molar-refractivity contribution in [3.8, 4) is 11.5 Å². The van der Waals surface area contributed by atoms with Crippen molar-refractivity contribution in [1.82, 2.24) is 4.90 Å². The highest BCUT2D eigenvalue weighted by molar-refractivity contribution is 6.32. The number of phenols is 1. The summed E-state index contributed by atoms with van der Waals surface area (Å²) in [5, 5.41) is 22.2. The highest BCUT2D eigenvalue weighted by Crippen LogP contribution is 2.53. The summed E-state index contributed by atoms with van der Waals surface area (Å²) in [5.41, 5.74) is 2.00. The van der Waals surface area contributed by atoms with Crippen LogP contribution < -0.4 is 15.4 Å². The lowest BCUT2D eigenvalue weighted by molar-refractivity contribution is -0.275. The molecule has 6 atom stereocenters. The van der Waals surface area contributed by atoms with Gasteiger partial charge < -0.3 is 25.6 Å². The van der Waals surface area contributed by atoms with Gasteiger partial charge in [0.15, 0.2) is 46.2 Å². The summed E-state index contributed by atoms with van der Waals surface area (Å²) in [6, 6.07) is -0.342. The molecule has 3 aliphatic carbocycles. The number of primary amides is 1. The first-order valence-electron chi connectivity index (χ1n) is 11.6. The van der Waals surface area contributed by atoms with Crippen molar-refractivity contribution in [2.24, 2.45) is 29.4 Å². The zero-order valence-corrected chi connectivity index (χ0v) is 20.8. The molecule has 0 radical (unpaired) electrons. The Morgan fingerprint density at radius 1 is 1.13 bits per heavy atom. The number of ether oxygens (including phenoxy) is 1. The summed E-state index contributed by atoms with van der Waals surface area (Å²) >= 11 is 0. The third-order valence-corrected chi connectivity index (χ3v) is 7.71. The van der Waals surface area contributed by atoms with E-state index in [0.717, 1.165) is 6.07 Å². The summed E-state index contributed by atoms with van der Waals surface area (Å²) in [7, 11) is 5.91. The molecule has 206 valence electrons. The van der Waals surface area contributed by atoms with Crippen LogP contribution in [0.4, 0.5) is 18.9 Å². The smallest absolute Gasteiger partial charge is 0.504 e. The molecule has 0 heterocycles. The van der Waals surface area contributed by atoms with Gasteiger partial charge in [0.25, 0.3) is 0 Å². The van der Waals surface area contributed by atoms with E-state index in [2.05, 4.69) is 4.74 Å². The number of benzene rings is 1. The number of carbonyl (C=O) groups is 5. The highest BCUT2D eigenvalue weighted by atomic mass is 19.4. The molecule has 2 fully saturated rings. The average Bonchev–Trinajstić information content (AvgIpc) is 2.76. The fourth-order valence-corrected chi connectivity index (χ4v) is 6.23. The van der Waals surface area contributed by atoms with Crippen LogP contribution in [0.15, 0.2) is 6.07 Å². The third-order valence-electron chi connectivity index (χ3n) is 7.71. The molecule has 1 aromatic carbocycles. The number of anilines is 1. The fourth-order valence-electron chi connectivity index (χ4n) is 6.23. The van der Waals surface area contributed by atoms with Crippen molar-refractivity contribution >= 4 is 34.7 Å². The first kappa shape index (κ1) is 27.5. The van der Waals surface area contributed by atoms with Crippen LogP contribution in [0, 0.1) is 23.7 Å². The average molecular weight is 541 g/mol. The van der Waals surface area contributed by atoms with Crippen LogP contribution in [0.1, 0.15) is 22.3 Å². The van der Waals surface area contributed by atoms with Crippen molar-refractivity contribution in [1.29, 1.82) is 0 Å². The van der Waals surface area contributed by atoms with Crippen LogP contribution in [0.5, 0.6) is 11.5 Å². The predicted octanol–water partition coefficient (Wildman–Crippen LogP) is -0.168. The number of hydrogen-bond donors (Lipinski definition) is 3.